The van der Waals surface area contributed by atoms with Crippen molar-refractivity contribution in [1.29, 1.82) is 0 Å². The molecule has 0 bridgehead atoms. The summed E-state index contributed by atoms with van der Waals surface area (Å²) >= 11 is 0. The average molecular weight is 281 g/mol. The molecule has 3 aromatic rings. The van der Waals surface area contributed by atoms with Gasteiger partial charge >= 0.3 is 0 Å². The number of nitrogen functional groups attached to an aromatic ring is 1. The number of nitrogens with zero attached hydrogens (tertiary/aromatic N) is 4. The molecule has 0 aliphatic carbocycles. The van der Waals surface area contributed by atoms with Gasteiger partial charge in [0, 0.05) is 23.6 Å². The van der Waals surface area contributed by atoms with Gasteiger partial charge in [0.1, 0.15) is 6.33 Å². The van der Waals surface area contributed by atoms with E-state index in [1.54, 1.807) is 0 Å². The molecule has 0 radical (unpaired) electrons. The van der Waals surface area contributed by atoms with E-state index in [2.05, 4.69) is 30.5 Å². The van der Waals surface area contributed by atoms with Gasteiger partial charge in [0.25, 0.3) is 0 Å². The zero-order valence-electron chi connectivity index (χ0n) is 11.8. The van der Waals surface area contributed by atoms with E-state index in [4.69, 9.17) is 5.73 Å². The minimum Gasteiger partial charge on any atom is -0.368 e. The number of aromatic nitrogens is 5. The fourth-order valence-electron chi connectivity index (χ4n) is 2.38. The van der Waals surface area contributed by atoms with Crippen LogP contribution in [-0.4, -0.2) is 25.1 Å². The van der Waals surface area contributed by atoms with Crippen LogP contribution in [0.3, 0.4) is 0 Å². The Morgan fingerprint density at radius 1 is 1.10 bits per heavy atom. The second-order valence-corrected chi connectivity index (χ2v) is 4.78. The van der Waals surface area contributed by atoms with Gasteiger partial charge in [-0.05, 0) is 42.7 Å². The molecule has 106 valence electrons. The number of aryl methyl sites for hydroxylation is 2. The summed E-state index contributed by atoms with van der Waals surface area (Å²) < 4.78 is 0. The molecule has 3 rings (SSSR count). The predicted molar refractivity (Wildman–Crippen MR) is 81.0 cm³/mol. The van der Waals surface area contributed by atoms with Crippen molar-refractivity contribution >= 4 is 17.6 Å². The topological polar surface area (TPSA) is 105 Å². The summed E-state index contributed by atoms with van der Waals surface area (Å²) in [5.41, 5.74) is 10.8. The second kappa shape index (κ2) is 5.20. The molecule has 0 saturated heterocycles. The lowest BCUT2D eigenvalue weighted by Crippen LogP contribution is -1.97. The largest absolute Gasteiger partial charge is 0.368 e. The summed E-state index contributed by atoms with van der Waals surface area (Å²) in [5, 5.41) is 9.67. The van der Waals surface area contributed by atoms with Crippen LogP contribution in [0.2, 0.25) is 0 Å². The molecule has 0 aliphatic heterocycles. The molecule has 7 nitrogen and oxygen atoms in total. The summed E-state index contributed by atoms with van der Waals surface area (Å²) in [6.07, 6.45) is 5.15. The monoisotopic (exact) mass is 281 g/mol. The van der Waals surface area contributed by atoms with Gasteiger partial charge < -0.3 is 11.1 Å². The first kappa shape index (κ1) is 13.0. The van der Waals surface area contributed by atoms with Gasteiger partial charge in [0.2, 0.25) is 11.9 Å². The molecule has 0 fully saturated rings. The quantitative estimate of drug-likeness (QED) is 0.679. The van der Waals surface area contributed by atoms with Crippen LogP contribution in [0.5, 0.6) is 0 Å². The normalized spacial score (nSPS) is 10.6. The zero-order valence-corrected chi connectivity index (χ0v) is 11.8. The molecule has 1 aromatic carbocycles. The molecule has 21 heavy (non-hydrogen) atoms. The number of hydrogen-bond donors (Lipinski definition) is 3. The van der Waals surface area contributed by atoms with Crippen molar-refractivity contribution in [3.05, 3.63) is 42.0 Å². The summed E-state index contributed by atoms with van der Waals surface area (Å²) in [6.45, 7) is 4.10. The highest BCUT2D eigenvalue weighted by Gasteiger charge is 2.09. The molecule has 7 heteroatoms. The van der Waals surface area contributed by atoms with E-state index < -0.39 is 0 Å². The molecule has 2 heterocycles. The van der Waals surface area contributed by atoms with Crippen LogP contribution in [0, 0.1) is 13.8 Å². The number of benzene rings is 1. The Hall–Kier alpha value is -2.96. The number of anilines is 3. The molecule has 2 aromatic heterocycles. The van der Waals surface area contributed by atoms with Crippen molar-refractivity contribution in [1.82, 2.24) is 25.1 Å². The minimum atomic E-state index is 0.281. The van der Waals surface area contributed by atoms with E-state index in [0.717, 1.165) is 27.9 Å². The highest BCUT2D eigenvalue weighted by atomic mass is 15.3. The van der Waals surface area contributed by atoms with Crippen molar-refractivity contribution in [3.63, 3.8) is 0 Å². The maximum absolute atomic E-state index is 5.51. The van der Waals surface area contributed by atoms with Crippen molar-refractivity contribution in [2.75, 3.05) is 11.1 Å². The first-order valence-corrected chi connectivity index (χ1v) is 6.45. The molecule has 0 amide bonds. The van der Waals surface area contributed by atoms with E-state index in [-0.39, 0.29) is 5.95 Å². The van der Waals surface area contributed by atoms with Crippen molar-refractivity contribution in [3.8, 4) is 11.1 Å². The number of aromatic amines is 1. The maximum Gasteiger partial charge on any atom is 0.248 e. The highest BCUT2D eigenvalue weighted by Crippen LogP contribution is 2.29. The predicted octanol–water partition coefficient (Wildman–Crippen LogP) is 2.20. The number of nitrogens with two attached hydrogens (primary N) is 1. The van der Waals surface area contributed by atoms with Crippen molar-refractivity contribution in [2.45, 2.75) is 13.8 Å². The van der Waals surface area contributed by atoms with Gasteiger partial charge in [0.15, 0.2) is 0 Å². The van der Waals surface area contributed by atoms with Crippen molar-refractivity contribution in [2.24, 2.45) is 0 Å². The summed E-state index contributed by atoms with van der Waals surface area (Å²) in [4.78, 5) is 12.2. The van der Waals surface area contributed by atoms with Crippen LogP contribution in [0.15, 0.2) is 30.9 Å². The molecule has 0 aliphatic rings. The Bertz CT molecular complexity index is 741. The molecular weight excluding hydrogens is 266 g/mol. The Morgan fingerprint density at radius 3 is 2.33 bits per heavy atom. The molecular formula is C14H15N7. The Labute approximate surface area is 121 Å². The highest BCUT2D eigenvalue weighted by molar-refractivity contribution is 5.73. The van der Waals surface area contributed by atoms with E-state index in [0.29, 0.717) is 5.95 Å². The van der Waals surface area contributed by atoms with Gasteiger partial charge in [-0.1, -0.05) is 0 Å². The van der Waals surface area contributed by atoms with Crippen LogP contribution in [0.25, 0.3) is 11.1 Å². The molecule has 0 unspecified atom stereocenters. The number of hydrogen-bond acceptors (Lipinski definition) is 6. The molecule has 4 N–H and O–H groups in total. The van der Waals surface area contributed by atoms with Crippen molar-refractivity contribution < 1.29 is 0 Å². The van der Waals surface area contributed by atoms with Gasteiger partial charge in [-0.2, -0.15) is 4.98 Å². The van der Waals surface area contributed by atoms with Crippen LogP contribution in [0.1, 0.15) is 11.1 Å². The van der Waals surface area contributed by atoms with Gasteiger partial charge in [0.05, 0.1) is 0 Å². The van der Waals surface area contributed by atoms with Gasteiger partial charge in [-0.3, -0.25) is 0 Å². The smallest absolute Gasteiger partial charge is 0.248 e. The van der Waals surface area contributed by atoms with Gasteiger partial charge in [-0.15, -0.1) is 5.10 Å². The Morgan fingerprint density at radius 2 is 1.76 bits per heavy atom. The summed E-state index contributed by atoms with van der Waals surface area (Å²) in [6, 6.07) is 4.06. The Kier molecular flexibility index (Phi) is 3.23. The second-order valence-electron chi connectivity index (χ2n) is 4.78. The molecule has 0 spiro atoms. The standard InChI is InChI=1S/C14H15N7/c1-8-3-11(18-14-19-13(15)20-21-14)4-9(2)12(8)10-5-16-7-17-6-10/h3-7H,1-2H3,(H4,15,18,19,20,21). The SMILES string of the molecule is Cc1cc(Nc2n[nH]c(N)n2)cc(C)c1-c1cncnc1. The van der Waals surface area contributed by atoms with E-state index in [1.807, 2.05) is 38.4 Å². The fraction of sp³-hybridized carbons (Fsp3) is 0.143. The van der Waals surface area contributed by atoms with Crippen LogP contribution >= 0.6 is 0 Å². The van der Waals surface area contributed by atoms with Gasteiger partial charge in [-0.25, -0.2) is 15.1 Å². The van der Waals surface area contributed by atoms with E-state index in [1.165, 1.54) is 6.33 Å². The van der Waals surface area contributed by atoms with Crippen LogP contribution in [0.4, 0.5) is 17.6 Å². The first-order valence-electron chi connectivity index (χ1n) is 6.45. The molecule has 0 atom stereocenters. The first-order chi connectivity index (χ1) is 10.1. The fourth-order valence-corrected chi connectivity index (χ4v) is 2.38. The summed E-state index contributed by atoms with van der Waals surface area (Å²) in [5.74, 6) is 0.728. The maximum atomic E-state index is 5.51. The third-order valence-corrected chi connectivity index (χ3v) is 3.14. The van der Waals surface area contributed by atoms with E-state index >= 15 is 0 Å². The molecule has 0 saturated carbocycles. The zero-order chi connectivity index (χ0) is 14.8. The third-order valence-electron chi connectivity index (χ3n) is 3.14. The minimum absolute atomic E-state index is 0.281. The lowest BCUT2D eigenvalue weighted by atomic mass is 9.97. The lowest BCUT2D eigenvalue weighted by molar-refractivity contribution is 1.10. The number of H-pyrrole nitrogens is 1. The average Bonchev–Trinajstić information content (AvgIpc) is 2.84. The summed E-state index contributed by atoms with van der Waals surface area (Å²) in [7, 11) is 0. The Balaban J connectivity index is 1.96. The number of nitrogens with one attached hydrogen (secondary N) is 2. The third kappa shape index (κ3) is 2.66. The van der Waals surface area contributed by atoms with E-state index in [9.17, 15) is 0 Å². The van der Waals surface area contributed by atoms with Crippen LogP contribution < -0.4 is 11.1 Å². The lowest BCUT2D eigenvalue weighted by Gasteiger charge is -2.12. The van der Waals surface area contributed by atoms with Crippen LogP contribution in [-0.2, 0) is 0 Å². The number of rotatable bonds is 3.